The fraction of sp³-hybridized carbons (Fsp3) is 0.188. The Morgan fingerprint density at radius 3 is 2.75 bits per heavy atom. The molecule has 2 aromatic rings. The van der Waals surface area contributed by atoms with Crippen LogP contribution < -0.4 is 4.74 Å². The van der Waals surface area contributed by atoms with Crippen molar-refractivity contribution in [1.82, 2.24) is 0 Å². The summed E-state index contributed by atoms with van der Waals surface area (Å²) >= 11 is 5.97. The highest BCUT2D eigenvalue weighted by molar-refractivity contribution is 6.32. The summed E-state index contributed by atoms with van der Waals surface area (Å²) in [5, 5.41) is 0.453. The van der Waals surface area contributed by atoms with E-state index in [1.165, 1.54) is 6.07 Å². The molecule has 4 heteroatoms. The van der Waals surface area contributed by atoms with Gasteiger partial charge in [0.2, 0.25) is 0 Å². The van der Waals surface area contributed by atoms with E-state index in [0.29, 0.717) is 16.3 Å². The third-order valence-corrected chi connectivity index (χ3v) is 3.13. The Hall–Kier alpha value is -1.87. The summed E-state index contributed by atoms with van der Waals surface area (Å²) in [7, 11) is 0. The molecule has 0 aliphatic carbocycles. The lowest BCUT2D eigenvalue weighted by molar-refractivity contribution is -0.120. The van der Waals surface area contributed by atoms with Crippen LogP contribution in [0.4, 0.5) is 4.39 Å². The van der Waals surface area contributed by atoms with Crippen LogP contribution in [-0.4, -0.2) is 12.4 Å². The predicted octanol–water partition coefficient (Wildman–Crippen LogP) is 3.98. The van der Waals surface area contributed by atoms with Gasteiger partial charge in [0.15, 0.2) is 5.78 Å². The lowest BCUT2D eigenvalue weighted by Gasteiger charge is -2.08. The van der Waals surface area contributed by atoms with E-state index in [4.69, 9.17) is 16.3 Å². The number of ether oxygens (including phenoxy) is 1. The van der Waals surface area contributed by atoms with Crippen molar-refractivity contribution in [2.75, 3.05) is 6.61 Å². The number of rotatable bonds is 5. The van der Waals surface area contributed by atoms with Gasteiger partial charge in [0.1, 0.15) is 18.2 Å². The molecule has 0 amide bonds. The molecule has 2 aromatic carbocycles. The van der Waals surface area contributed by atoms with E-state index in [9.17, 15) is 9.18 Å². The van der Waals surface area contributed by atoms with Gasteiger partial charge in [0, 0.05) is 6.42 Å². The first kappa shape index (κ1) is 14.5. The monoisotopic (exact) mass is 292 g/mol. The molecule has 0 spiro atoms. The summed E-state index contributed by atoms with van der Waals surface area (Å²) in [5.74, 6) is -0.115. The second kappa shape index (κ2) is 6.53. The highest BCUT2D eigenvalue weighted by Gasteiger charge is 2.10. The van der Waals surface area contributed by atoms with Crippen LogP contribution in [0.1, 0.15) is 11.1 Å². The summed E-state index contributed by atoms with van der Waals surface area (Å²) < 4.78 is 18.8. The first-order valence-electron chi connectivity index (χ1n) is 6.20. The second-order valence-electron chi connectivity index (χ2n) is 4.53. The molecule has 0 unspecified atom stereocenters. The Bertz CT molecular complexity index is 626. The summed E-state index contributed by atoms with van der Waals surface area (Å²) in [5.41, 5.74) is 1.36. The Kier molecular flexibility index (Phi) is 4.74. The van der Waals surface area contributed by atoms with E-state index in [1.54, 1.807) is 30.3 Å². The number of carbonyl (C=O) groups is 1. The van der Waals surface area contributed by atoms with Gasteiger partial charge < -0.3 is 4.74 Å². The fourth-order valence-corrected chi connectivity index (χ4v) is 1.96. The molecule has 0 fully saturated rings. The minimum atomic E-state index is -0.380. The van der Waals surface area contributed by atoms with E-state index in [2.05, 4.69) is 0 Å². The van der Waals surface area contributed by atoms with Crippen molar-refractivity contribution in [1.29, 1.82) is 0 Å². The smallest absolute Gasteiger partial charge is 0.174 e. The summed E-state index contributed by atoms with van der Waals surface area (Å²) in [6, 6.07) is 11.5. The first-order chi connectivity index (χ1) is 9.56. The summed E-state index contributed by atoms with van der Waals surface area (Å²) in [4.78, 5) is 11.8. The van der Waals surface area contributed by atoms with Gasteiger partial charge in [-0.1, -0.05) is 35.9 Å². The average Bonchev–Trinajstić information content (AvgIpc) is 2.42. The molecule has 2 rings (SSSR count). The van der Waals surface area contributed by atoms with Gasteiger partial charge in [-0.25, -0.2) is 4.39 Å². The van der Waals surface area contributed by atoms with E-state index in [0.717, 1.165) is 5.56 Å². The standard InChI is InChI=1S/C16H14ClFO2/c1-11-6-7-14(17)16(8-11)20-10-13(19)9-12-4-2-3-5-15(12)18/h2-8H,9-10H2,1H3. The van der Waals surface area contributed by atoms with Crippen molar-refractivity contribution >= 4 is 17.4 Å². The zero-order valence-corrected chi connectivity index (χ0v) is 11.8. The third kappa shape index (κ3) is 3.81. The first-order valence-corrected chi connectivity index (χ1v) is 6.58. The lowest BCUT2D eigenvalue weighted by Crippen LogP contribution is -2.14. The van der Waals surface area contributed by atoms with Crippen LogP contribution in [0.3, 0.4) is 0 Å². The zero-order valence-electron chi connectivity index (χ0n) is 11.0. The molecule has 0 saturated heterocycles. The maximum absolute atomic E-state index is 13.4. The zero-order chi connectivity index (χ0) is 14.5. The number of benzene rings is 2. The number of halogens is 2. The minimum Gasteiger partial charge on any atom is -0.484 e. The van der Waals surface area contributed by atoms with Gasteiger partial charge in [0.05, 0.1) is 5.02 Å². The van der Waals surface area contributed by atoms with Crippen LogP contribution in [0.5, 0.6) is 5.75 Å². The molecule has 0 heterocycles. The Morgan fingerprint density at radius 1 is 1.25 bits per heavy atom. The molecule has 0 saturated carbocycles. The molecule has 0 N–H and O–H groups in total. The molecule has 0 radical (unpaired) electrons. The number of aryl methyl sites for hydroxylation is 1. The Labute approximate surface area is 122 Å². The highest BCUT2D eigenvalue weighted by atomic mass is 35.5. The molecule has 20 heavy (non-hydrogen) atoms. The number of hydrogen-bond donors (Lipinski definition) is 0. The van der Waals surface area contributed by atoms with Gasteiger partial charge in [0.25, 0.3) is 0 Å². The number of Topliss-reactive ketones (excluding diaryl/α,β-unsaturated/α-hetero) is 1. The van der Waals surface area contributed by atoms with Crippen LogP contribution in [0.25, 0.3) is 0 Å². The van der Waals surface area contributed by atoms with Gasteiger partial charge in [-0.3, -0.25) is 4.79 Å². The molecule has 0 aliphatic heterocycles. The predicted molar refractivity (Wildman–Crippen MR) is 76.8 cm³/mol. The van der Waals surface area contributed by atoms with Crippen molar-refractivity contribution in [2.24, 2.45) is 0 Å². The molecule has 104 valence electrons. The van der Waals surface area contributed by atoms with Crippen molar-refractivity contribution < 1.29 is 13.9 Å². The summed E-state index contributed by atoms with van der Waals surface area (Å²) in [6.45, 7) is 1.78. The minimum absolute atomic E-state index is 0.0100. The van der Waals surface area contributed by atoms with Crippen LogP contribution in [-0.2, 0) is 11.2 Å². The van der Waals surface area contributed by atoms with Crippen LogP contribution in [0.15, 0.2) is 42.5 Å². The van der Waals surface area contributed by atoms with Crippen LogP contribution >= 0.6 is 11.6 Å². The van der Waals surface area contributed by atoms with E-state index >= 15 is 0 Å². The van der Waals surface area contributed by atoms with Crippen LogP contribution in [0.2, 0.25) is 5.02 Å². The van der Waals surface area contributed by atoms with Crippen molar-refractivity contribution in [2.45, 2.75) is 13.3 Å². The molecule has 0 atom stereocenters. The third-order valence-electron chi connectivity index (χ3n) is 2.82. The number of ketones is 1. The Morgan fingerprint density at radius 2 is 2.00 bits per heavy atom. The van der Waals surface area contributed by atoms with Gasteiger partial charge >= 0.3 is 0 Å². The molecule has 0 aliphatic rings. The molecular formula is C16H14ClFO2. The van der Waals surface area contributed by atoms with Crippen molar-refractivity contribution in [3.63, 3.8) is 0 Å². The van der Waals surface area contributed by atoms with Crippen LogP contribution in [0, 0.1) is 12.7 Å². The largest absolute Gasteiger partial charge is 0.484 e. The van der Waals surface area contributed by atoms with Gasteiger partial charge in [-0.15, -0.1) is 0 Å². The van der Waals surface area contributed by atoms with Crippen molar-refractivity contribution in [3.8, 4) is 5.75 Å². The number of hydrogen-bond acceptors (Lipinski definition) is 2. The average molecular weight is 293 g/mol. The summed E-state index contributed by atoms with van der Waals surface area (Å²) in [6.07, 6.45) is 0.0100. The molecule has 2 nitrogen and oxygen atoms in total. The van der Waals surface area contributed by atoms with E-state index in [1.807, 2.05) is 13.0 Å². The molecule has 0 aromatic heterocycles. The molecular weight excluding hydrogens is 279 g/mol. The lowest BCUT2D eigenvalue weighted by atomic mass is 10.1. The van der Waals surface area contributed by atoms with Gasteiger partial charge in [-0.05, 0) is 36.2 Å². The normalized spacial score (nSPS) is 10.3. The highest BCUT2D eigenvalue weighted by Crippen LogP contribution is 2.25. The maximum atomic E-state index is 13.4. The topological polar surface area (TPSA) is 26.3 Å². The molecule has 0 bridgehead atoms. The van der Waals surface area contributed by atoms with Crippen molar-refractivity contribution in [3.05, 3.63) is 64.4 Å². The maximum Gasteiger partial charge on any atom is 0.174 e. The fourth-order valence-electron chi connectivity index (χ4n) is 1.78. The number of carbonyl (C=O) groups excluding carboxylic acids is 1. The van der Waals surface area contributed by atoms with E-state index < -0.39 is 0 Å². The van der Waals surface area contributed by atoms with E-state index in [-0.39, 0.29) is 24.6 Å². The quantitative estimate of drug-likeness (QED) is 0.833. The van der Waals surface area contributed by atoms with Gasteiger partial charge in [-0.2, -0.15) is 0 Å². The second-order valence-corrected chi connectivity index (χ2v) is 4.94. The Balaban J connectivity index is 1.96. The SMILES string of the molecule is Cc1ccc(Cl)c(OCC(=O)Cc2ccccc2F)c1.